The van der Waals surface area contributed by atoms with Crippen LogP contribution in [0.3, 0.4) is 0 Å². The molecule has 0 amide bonds. The number of rotatable bonds is 5. The third-order valence-corrected chi connectivity index (χ3v) is 4.46. The average Bonchev–Trinajstić information content (AvgIpc) is 2.56. The van der Waals surface area contributed by atoms with Crippen LogP contribution in [0.5, 0.6) is 0 Å². The van der Waals surface area contributed by atoms with Crippen LogP contribution in [0.2, 0.25) is 0 Å². The molecule has 2 aromatic rings. The van der Waals surface area contributed by atoms with Crippen molar-refractivity contribution in [2.75, 3.05) is 10.6 Å². The van der Waals surface area contributed by atoms with Crippen LogP contribution in [0.4, 0.5) is 17.5 Å². The Morgan fingerprint density at radius 3 is 2.65 bits per heavy atom. The fourth-order valence-corrected chi connectivity index (χ4v) is 3.23. The van der Waals surface area contributed by atoms with Crippen LogP contribution in [-0.4, -0.2) is 16.0 Å². The first-order valence-corrected chi connectivity index (χ1v) is 8.71. The second kappa shape index (κ2) is 7.44. The second-order valence-corrected chi connectivity index (χ2v) is 6.33. The summed E-state index contributed by atoms with van der Waals surface area (Å²) in [5, 5.41) is 6.97. The van der Waals surface area contributed by atoms with Crippen LogP contribution < -0.4 is 10.6 Å². The molecule has 0 radical (unpaired) electrons. The van der Waals surface area contributed by atoms with Gasteiger partial charge in [0.05, 0.1) is 0 Å². The molecule has 0 aliphatic heterocycles. The smallest absolute Gasteiger partial charge is 0.229 e. The van der Waals surface area contributed by atoms with Crippen molar-refractivity contribution in [2.45, 2.75) is 58.4 Å². The third kappa shape index (κ3) is 4.21. The number of hydrogen-bond donors (Lipinski definition) is 2. The van der Waals surface area contributed by atoms with Crippen molar-refractivity contribution in [2.24, 2.45) is 0 Å². The Labute approximate surface area is 138 Å². The van der Waals surface area contributed by atoms with Crippen LogP contribution in [0, 0.1) is 6.92 Å². The maximum Gasteiger partial charge on any atom is 0.229 e. The van der Waals surface area contributed by atoms with E-state index in [0.29, 0.717) is 12.0 Å². The number of anilines is 3. The number of aromatic nitrogens is 2. The van der Waals surface area contributed by atoms with Gasteiger partial charge in [0.25, 0.3) is 0 Å². The van der Waals surface area contributed by atoms with Crippen LogP contribution >= 0.6 is 0 Å². The molecule has 1 aromatic heterocycles. The molecular formula is C19H26N4. The predicted octanol–water partition coefficient (Wildman–Crippen LogP) is 4.84. The van der Waals surface area contributed by atoms with E-state index in [0.717, 1.165) is 23.6 Å². The molecule has 2 N–H and O–H groups in total. The highest BCUT2D eigenvalue weighted by atomic mass is 15.1. The number of para-hydroxylation sites is 1. The normalized spacial score (nSPS) is 15.4. The van der Waals surface area contributed by atoms with E-state index in [1.165, 1.54) is 37.7 Å². The molecule has 1 saturated carbocycles. The summed E-state index contributed by atoms with van der Waals surface area (Å²) in [7, 11) is 0. The summed E-state index contributed by atoms with van der Waals surface area (Å²) >= 11 is 0. The number of hydrogen-bond acceptors (Lipinski definition) is 4. The van der Waals surface area contributed by atoms with Gasteiger partial charge in [-0.15, -0.1) is 0 Å². The van der Waals surface area contributed by atoms with Gasteiger partial charge in [0.1, 0.15) is 5.82 Å². The fourth-order valence-electron chi connectivity index (χ4n) is 3.23. The molecular weight excluding hydrogens is 284 g/mol. The Hall–Kier alpha value is -2.10. The lowest BCUT2D eigenvalue weighted by Crippen LogP contribution is -2.23. The maximum atomic E-state index is 4.67. The number of benzene rings is 1. The minimum atomic E-state index is 0.550. The number of nitrogens with zero attached hydrogens (tertiary/aromatic N) is 2. The predicted molar refractivity (Wildman–Crippen MR) is 96.4 cm³/mol. The summed E-state index contributed by atoms with van der Waals surface area (Å²) in [6.07, 6.45) is 7.46. The standard InChI is InChI=1S/C19H26N4/c1-3-15-9-7-8-12-17(15)22-19-20-14(2)13-18(23-19)21-16-10-5-4-6-11-16/h7-9,12-13,16H,3-6,10-11H2,1-2H3,(H2,20,21,22,23). The van der Waals surface area contributed by atoms with E-state index in [1.807, 2.05) is 19.1 Å². The zero-order valence-electron chi connectivity index (χ0n) is 14.1. The summed E-state index contributed by atoms with van der Waals surface area (Å²) in [5.74, 6) is 1.60. The van der Waals surface area contributed by atoms with Gasteiger partial charge in [0, 0.05) is 23.5 Å². The van der Waals surface area contributed by atoms with E-state index >= 15 is 0 Å². The van der Waals surface area contributed by atoms with Gasteiger partial charge in [-0.2, -0.15) is 4.98 Å². The zero-order valence-corrected chi connectivity index (χ0v) is 14.1. The number of nitrogens with one attached hydrogen (secondary N) is 2. The third-order valence-electron chi connectivity index (χ3n) is 4.46. The van der Waals surface area contributed by atoms with Gasteiger partial charge in [-0.3, -0.25) is 0 Å². The summed E-state index contributed by atoms with van der Waals surface area (Å²) < 4.78 is 0. The molecule has 0 bridgehead atoms. The van der Waals surface area contributed by atoms with Crippen molar-refractivity contribution in [3.63, 3.8) is 0 Å². The molecule has 122 valence electrons. The van der Waals surface area contributed by atoms with Crippen molar-refractivity contribution in [1.29, 1.82) is 0 Å². The van der Waals surface area contributed by atoms with Crippen molar-refractivity contribution < 1.29 is 0 Å². The lowest BCUT2D eigenvalue weighted by Gasteiger charge is -2.23. The highest BCUT2D eigenvalue weighted by molar-refractivity contribution is 5.59. The van der Waals surface area contributed by atoms with Gasteiger partial charge in [-0.25, -0.2) is 4.98 Å². The van der Waals surface area contributed by atoms with E-state index in [4.69, 9.17) is 0 Å². The highest BCUT2D eigenvalue weighted by Gasteiger charge is 2.14. The first kappa shape index (κ1) is 15.8. The molecule has 1 heterocycles. The van der Waals surface area contributed by atoms with E-state index in [1.54, 1.807) is 0 Å². The second-order valence-electron chi connectivity index (χ2n) is 6.33. The number of aryl methyl sites for hydroxylation is 2. The van der Waals surface area contributed by atoms with Gasteiger partial charge in [0.15, 0.2) is 0 Å². The zero-order chi connectivity index (χ0) is 16.1. The molecule has 0 atom stereocenters. The van der Waals surface area contributed by atoms with Crippen molar-refractivity contribution in [3.8, 4) is 0 Å². The summed E-state index contributed by atoms with van der Waals surface area (Å²) in [4.78, 5) is 9.20. The van der Waals surface area contributed by atoms with Gasteiger partial charge in [0.2, 0.25) is 5.95 Å². The minimum Gasteiger partial charge on any atom is -0.367 e. The van der Waals surface area contributed by atoms with E-state index < -0.39 is 0 Å². The topological polar surface area (TPSA) is 49.8 Å². The molecule has 1 fully saturated rings. The largest absolute Gasteiger partial charge is 0.367 e. The van der Waals surface area contributed by atoms with E-state index in [2.05, 4.69) is 45.7 Å². The molecule has 1 aliphatic rings. The van der Waals surface area contributed by atoms with E-state index in [9.17, 15) is 0 Å². The maximum absolute atomic E-state index is 4.67. The molecule has 0 spiro atoms. The lowest BCUT2D eigenvalue weighted by atomic mass is 9.95. The quantitative estimate of drug-likeness (QED) is 0.830. The average molecular weight is 310 g/mol. The Morgan fingerprint density at radius 2 is 1.87 bits per heavy atom. The highest BCUT2D eigenvalue weighted by Crippen LogP contribution is 2.23. The van der Waals surface area contributed by atoms with Crippen LogP contribution in [-0.2, 0) is 6.42 Å². The Balaban J connectivity index is 1.77. The summed E-state index contributed by atoms with van der Waals surface area (Å²) in [6.45, 7) is 4.18. The molecule has 4 nitrogen and oxygen atoms in total. The first-order valence-electron chi connectivity index (χ1n) is 8.71. The SMILES string of the molecule is CCc1ccccc1Nc1nc(C)cc(NC2CCCCC2)n1. The molecule has 4 heteroatoms. The molecule has 1 aliphatic carbocycles. The molecule has 0 saturated heterocycles. The van der Waals surface area contributed by atoms with Gasteiger partial charge in [-0.1, -0.05) is 44.4 Å². The summed E-state index contributed by atoms with van der Waals surface area (Å²) in [6, 6.07) is 10.9. The van der Waals surface area contributed by atoms with Crippen LogP contribution in [0.15, 0.2) is 30.3 Å². The molecule has 0 unspecified atom stereocenters. The van der Waals surface area contributed by atoms with Gasteiger partial charge in [-0.05, 0) is 37.8 Å². The lowest BCUT2D eigenvalue weighted by molar-refractivity contribution is 0.462. The Morgan fingerprint density at radius 1 is 1.09 bits per heavy atom. The van der Waals surface area contributed by atoms with Crippen molar-refractivity contribution in [1.82, 2.24) is 9.97 Å². The van der Waals surface area contributed by atoms with Crippen molar-refractivity contribution >= 4 is 17.5 Å². The van der Waals surface area contributed by atoms with Gasteiger partial charge >= 0.3 is 0 Å². The van der Waals surface area contributed by atoms with Gasteiger partial charge < -0.3 is 10.6 Å². The van der Waals surface area contributed by atoms with E-state index in [-0.39, 0.29) is 0 Å². The van der Waals surface area contributed by atoms with Crippen LogP contribution in [0.25, 0.3) is 0 Å². The minimum absolute atomic E-state index is 0.550. The molecule has 1 aromatic carbocycles. The summed E-state index contributed by atoms with van der Waals surface area (Å²) in [5.41, 5.74) is 3.35. The Bertz CT molecular complexity index is 648. The monoisotopic (exact) mass is 310 g/mol. The van der Waals surface area contributed by atoms with Crippen LogP contribution in [0.1, 0.15) is 50.3 Å². The Kier molecular flexibility index (Phi) is 5.11. The fraction of sp³-hybridized carbons (Fsp3) is 0.474. The molecule has 3 rings (SSSR count). The molecule has 23 heavy (non-hydrogen) atoms. The van der Waals surface area contributed by atoms with Crippen molar-refractivity contribution in [3.05, 3.63) is 41.6 Å². The first-order chi connectivity index (χ1) is 11.2.